The number of ether oxygens (including phenoxy) is 3. The van der Waals surface area contributed by atoms with E-state index in [0.29, 0.717) is 19.3 Å². The van der Waals surface area contributed by atoms with Gasteiger partial charge in [-0.3, -0.25) is 14.4 Å². The van der Waals surface area contributed by atoms with Gasteiger partial charge in [-0.2, -0.15) is 0 Å². The minimum absolute atomic E-state index is 0.0938. The summed E-state index contributed by atoms with van der Waals surface area (Å²) in [4.78, 5) is 38.2. The Labute approximate surface area is 438 Å². The minimum Gasteiger partial charge on any atom is -0.462 e. The first-order chi connectivity index (χ1) is 35.0. The van der Waals surface area contributed by atoms with Crippen LogP contribution in [0.4, 0.5) is 0 Å². The summed E-state index contributed by atoms with van der Waals surface area (Å²) >= 11 is 0. The molecule has 0 saturated heterocycles. The molecule has 406 valence electrons. The molecule has 6 heteroatoms. The summed E-state index contributed by atoms with van der Waals surface area (Å²) in [6, 6.07) is 0. The van der Waals surface area contributed by atoms with E-state index in [-0.39, 0.29) is 31.1 Å². The average molecular weight is 988 g/mol. The zero-order chi connectivity index (χ0) is 51.4. The van der Waals surface area contributed by atoms with E-state index in [1.807, 2.05) is 0 Å². The number of carbonyl (C=O) groups excluding carboxylic acids is 3. The minimum atomic E-state index is -0.801. The lowest BCUT2D eigenvalue weighted by atomic mass is 10.0. The fourth-order valence-corrected chi connectivity index (χ4v) is 8.23. The van der Waals surface area contributed by atoms with Crippen LogP contribution in [-0.2, 0) is 28.6 Å². The first kappa shape index (κ1) is 67.3. The van der Waals surface area contributed by atoms with Crippen LogP contribution in [0.5, 0.6) is 0 Å². The highest BCUT2D eigenvalue weighted by Gasteiger charge is 2.19. The van der Waals surface area contributed by atoms with E-state index in [1.165, 1.54) is 128 Å². The third-order valence-electron chi connectivity index (χ3n) is 12.8. The van der Waals surface area contributed by atoms with Crippen LogP contribution in [0.1, 0.15) is 278 Å². The Bertz CT molecular complexity index is 1410. The van der Waals surface area contributed by atoms with Gasteiger partial charge in [0.2, 0.25) is 0 Å². The number of carbonyl (C=O) groups is 3. The fourth-order valence-electron chi connectivity index (χ4n) is 8.23. The molecule has 1 unspecified atom stereocenters. The lowest BCUT2D eigenvalue weighted by Crippen LogP contribution is -2.30. The van der Waals surface area contributed by atoms with Gasteiger partial charge in [0.15, 0.2) is 6.10 Å². The van der Waals surface area contributed by atoms with E-state index in [9.17, 15) is 14.4 Å². The molecule has 0 amide bonds. The summed E-state index contributed by atoms with van der Waals surface area (Å²) in [6.07, 6.45) is 78.1. The van der Waals surface area contributed by atoms with Crippen molar-refractivity contribution in [3.05, 3.63) is 97.2 Å². The first-order valence-electron chi connectivity index (χ1n) is 29.8. The van der Waals surface area contributed by atoms with Gasteiger partial charge in [0.25, 0.3) is 0 Å². The van der Waals surface area contributed by atoms with Gasteiger partial charge in [0.1, 0.15) is 13.2 Å². The molecule has 0 bridgehead atoms. The van der Waals surface area contributed by atoms with Gasteiger partial charge in [-0.05, 0) is 70.6 Å². The van der Waals surface area contributed by atoms with Gasteiger partial charge in [-0.1, -0.05) is 285 Å². The Morgan fingerprint density at radius 1 is 0.282 bits per heavy atom. The van der Waals surface area contributed by atoms with Crippen molar-refractivity contribution in [1.82, 2.24) is 0 Å². The molecule has 71 heavy (non-hydrogen) atoms. The molecule has 6 nitrogen and oxygen atoms in total. The van der Waals surface area contributed by atoms with Crippen LogP contribution in [-0.4, -0.2) is 37.2 Å². The molecular formula is C65H110O6. The van der Waals surface area contributed by atoms with Crippen LogP contribution < -0.4 is 0 Å². The van der Waals surface area contributed by atoms with Crippen LogP contribution in [0.2, 0.25) is 0 Å². The quantitative estimate of drug-likeness (QED) is 0.0261. The number of hydrogen-bond donors (Lipinski definition) is 0. The predicted molar refractivity (Wildman–Crippen MR) is 307 cm³/mol. The molecule has 0 aromatic carbocycles. The maximum absolute atomic E-state index is 12.9. The Morgan fingerprint density at radius 3 is 0.817 bits per heavy atom. The van der Waals surface area contributed by atoms with Crippen LogP contribution in [0.25, 0.3) is 0 Å². The molecule has 0 spiro atoms. The first-order valence-corrected chi connectivity index (χ1v) is 29.8. The number of rotatable bonds is 53. The van der Waals surface area contributed by atoms with Crippen molar-refractivity contribution in [1.29, 1.82) is 0 Å². The van der Waals surface area contributed by atoms with Crippen molar-refractivity contribution < 1.29 is 28.6 Å². The van der Waals surface area contributed by atoms with E-state index in [1.54, 1.807) is 0 Å². The Morgan fingerprint density at radius 2 is 0.507 bits per heavy atom. The van der Waals surface area contributed by atoms with E-state index >= 15 is 0 Å². The van der Waals surface area contributed by atoms with Crippen LogP contribution in [0.3, 0.4) is 0 Å². The summed E-state index contributed by atoms with van der Waals surface area (Å²) < 4.78 is 16.9. The second-order valence-corrected chi connectivity index (χ2v) is 19.7. The van der Waals surface area contributed by atoms with Gasteiger partial charge in [0.05, 0.1) is 0 Å². The molecule has 0 aliphatic heterocycles. The lowest BCUT2D eigenvalue weighted by Gasteiger charge is -2.18. The number of allylic oxidation sites excluding steroid dienone is 16. The maximum atomic E-state index is 12.9. The van der Waals surface area contributed by atoms with Gasteiger partial charge in [-0.15, -0.1) is 0 Å². The molecule has 1 atom stereocenters. The highest BCUT2D eigenvalue weighted by Crippen LogP contribution is 2.16. The van der Waals surface area contributed by atoms with Crippen LogP contribution in [0, 0.1) is 0 Å². The van der Waals surface area contributed by atoms with Crippen molar-refractivity contribution in [3.63, 3.8) is 0 Å². The van der Waals surface area contributed by atoms with Crippen molar-refractivity contribution in [2.45, 2.75) is 284 Å². The van der Waals surface area contributed by atoms with E-state index < -0.39 is 6.10 Å². The topological polar surface area (TPSA) is 78.9 Å². The summed E-state index contributed by atoms with van der Waals surface area (Å²) in [5.74, 6) is -0.933. The lowest BCUT2D eigenvalue weighted by molar-refractivity contribution is -0.167. The summed E-state index contributed by atoms with van der Waals surface area (Å²) in [6.45, 7) is 6.55. The van der Waals surface area contributed by atoms with E-state index in [4.69, 9.17) is 14.2 Å². The number of esters is 3. The predicted octanol–water partition coefficient (Wildman–Crippen LogP) is 20.1. The molecule has 0 heterocycles. The second kappa shape index (κ2) is 58.9. The Hall–Kier alpha value is -3.67. The molecule has 0 aliphatic rings. The van der Waals surface area contributed by atoms with Crippen molar-refractivity contribution in [3.8, 4) is 0 Å². The average Bonchev–Trinajstić information content (AvgIpc) is 3.37. The molecular weight excluding hydrogens is 877 g/mol. The Balaban J connectivity index is 4.49. The monoisotopic (exact) mass is 987 g/mol. The molecule has 0 N–H and O–H groups in total. The normalized spacial score (nSPS) is 12.8. The maximum Gasteiger partial charge on any atom is 0.306 e. The highest BCUT2D eigenvalue weighted by molar-refractivity contribution is 5.71. The summed E-state index contributed by atoms with van der Waals surface area (Å²) in [5.41, 5.74) is 0. The van der Waals surface area contributed by atoms with Crippen LogP contribution >= 0.6 is 0 Å². The van der Waals surface area contributed by atoms with Crippen LogP contribution in [0.15, 0.2) is 97.2 Å². The van der Waals surface area contributed by atoms with E-state index in [0.717, 1.165) is 109 Å². The molecule has 0 aliphatic carbocycles. The third kappa shape index (κ3) is 57.1. The zero-order valence-corrected chi connectivity index (χ0v) is 46.5. The van der Waals surface area contributed by atoms with Gasteiger partial charge >= 0.3 is 17.9 Å². The number of hydrogen-bond acceptors (Lipinski definition) is 6. The SMILES string of the molecule is CCCCC\C=C/C=C\C=C/C=C\CCCCCCCC(=O)OCC(COC(=O)CCCCCCCCCCCCCCCCCCC)OC(=O)CCCCCCC\C=C/C=C\C=C/C=C\CCCCC. The second-order valence-electron chi connectivity index (χ2n) is 19.7. The number of unbranched alkanes of at least 4 members (excludes halogenated alkanes) is 32. The van der Waals surface area contributed by atoms with Gasteiger partial charge in [-0.25, -0.2) is 0 Å². The van der Waals surface area contributed by atoms with Gasteiger partial charge in [0, 0.05) is 19.3 Å². The fraction of sp³-hybridized carbons (Fsp3) is 0.708. The van der Waals surface area contributed by atoms with Crippen molar-refractivity contribution in [2.75, 3.05) is 13.2 Å². The molecule has 0 aromatic rings. The summed E-state index contributed by atoms with van der Waals surface area (Å²) in [5, 5.41) is 0. The third-order valence-corrected chi connectivity index (χ3v) is 12.8. The standard InChI is InChI=1S/C65H110O6/c1-4-7-10-13-16-19-22-25-28-31-34-37-40-43-46-49-52-55-58-64(67)70-61-62(60-69-63(66)57-54-51-48-45-42-39-36-33-30-27-24-21-18-15-12-9-6-3)71-65(68)59-56-53-50-47-44-41-38-35-32-29-26-23-20-17-14-11-8-5-2/h16-17,19-20,22-23,25-26,28-29,31-32,34-35,37-38,62H,4-15,18,21,24,27,30,33,36,39-61H2,1-3H3/b19-16-,20-17-,25-22-,26-23-,31-28-,32-29-,37-34-,38-35-. The summed E-state index contributed by atoms with van der Waals surface area (Å²) in [7, 11) is 0. The highest BCUT2D eigenvalue weighted by atomic mass is 16.6. The van der Waals surface area contributed by atoms with E-state index in [2.05, 4.69) is 118 Å². The molecule has 0 rings (SSSR count). The van der Waals surface area contributed by atoms with Crippen molar-refractivity contribution in [2.24, 2.45) is 0 Å². The zero-order valence-electron chi connectivity index (χ0n) is 46.5. The smallest absolute Gasteiger partial charge is 0.306 e. The molecule has 0 aromatic heterocycles. The molecule has 0 radical (unpaired) electrons. The van der Waals surface area contributed by atoms with Gasteiger partial charge < -0.3 is 14.2 Å². The Kier molecular flexibility index (Phi) is 55.9. The molecule has 0 fully saturated rings. The molecule has 0 saturated carbocycles. The largest absolute Gasteiger partial charge is 0.462 e. The van der Waals surface area contributed by atoms with Crippen molar-refractivity contribution >= 4 is 17.9 Å².